The molecule has 1 heterocycles. The fourth-order valence-corrected chi connectivity index (χ4v) is 6.17. The number of hydrogen-bond donors (Lipinski definition) is 1. The maximum atomic E-state index is 12.8. The van der Waals surface area contributed by atoms with Gasteiger partial charge in [-0.3, -0.25) is 9.69 Å². The Morgan fingerprint density at radius 3 is 2.75 bits per heavy atom. The fraction of sp³-hybridized carbons (Fsp3) is 0.458. The van der Waals surface area contributed by atoms with Crippen molar-refractivity contribution < 1.29 is 9.90 Å². The minimum atomic E-state index is 0. The van der Waals surface area contributed by atoms with Crippen LogP contribution in [0, 0.1) is 5.92 Å². The third-order valence-electron chi connectivity index (χ3n) is 7.38. The fourth-order valence-electron chi connectivity index (χ4n) is 6.17. The van der Waals surface area contributed by atoms with E-state index in [1.807, 2.05) is 42.5 Å². The summed E-state index contributed by atoms with van der Waals surface area (Å²) in [6.07, 6.45) is 7.15. The highest BCUT2D eigenvalue weighted by Crippen LogP contribution is 2.56. The Kier molecular flexibility index (Phi) is 5.24. The summed E-state index contributed by atoms with van der Waals surface area (Å²) in [5.74, 6) is 1.24. The van der Waals surface area contributed by atoms with Gasteiger partial charge in [0.1, 0.15) is 5.75 Å². The molecule has 3 aliphatic rings. The average molecular weight is 398 g/mol. The molecule has 1 N–H and O–H groups in total. The second-order valence-corrected chi connectivity index (χ2v) is 8.63. The lowest BCUT2D eigenvalue weighted by molar-refractivity contribution is -0.00848. The number of phenols is 1. The first-order chi connectivity index (χ1) is 13.2. The molecule has 2 bridgehead atoms. The van der Waals surface area contributed by atoms with Crippen LogP contribution in [0.4, 0.5) is 0 Å². The van der Waals surface area contributed by atoms with Crippen molar-refractivity contribution in [2.75, 3.05) is 13.1 Å². The van der Waals surface area contributed by atoms with Gasteiger partial charge in [0.25, 0.3) is 0 Å². The normalized spacial score (nSPS) is 28.6. The lowest BCUT2D eigenvalue weighted by atomic mass is 9.52. The Morgan fingerprint density at radius 1 is 1.11 bits per heavy atom. The molecule has 0 amide bonds. The summed E-state index contributed by atoms with van der Waals surface area (Å²) in [4.78, 5) is 15.3. The molecular formula is C24H28ClNO2. The van der Waals surface area contributed by atoms with E-state index in [-0.39, 0.29) is 23.6 Å². The van der Waals surface area contributed by atoms with Crippen LogP contribution in [0.25, 0.3) is 0 Å². The first-order valence-electron chi connectivity index (χ1n) is 10.3. The zero-order valence-corrected chi connectivity index (χ0v) is 17.0. The monoisotopic (exact) mass is 397 g/mol. The van der Waals surface area contributed by atoms with Crippen molar-refractivity contribution in [2.45, 2.75) is 50.0 Å². The van der Waals surface area contributed by atoms with Gasteiger partial charge < -0.3 is 5.11 Å². The number of fused-ring (bicyclic) bond motifs is 1. The summed E-state index contributed by atoms with van der Waals surface area (Å²) in [6.45, 7) is 1.50. The van der Waals surface area contributed by atoms with Crippen LogP contribution < -0.4 is 0 Å². The minimum absolute atomic E-state index is 0. The number of aromatic hydroxyl groups is 1. The summed E-state index contributed by atoms with van der Waals surface area (Å²) in [5.41, 5.74) is 3.81. The van der Waals surface area contributed by atoms with Crippen molar-refractivity contribution in [2.24, 2.45) is 5.92 Å². The first kappa shape index (κ1) is 19.5. The van der Waals surface area contributed by atoms with E-state index >= 15 is 0 Å². The van der Waals surface area contributed by atoms with E-state index in [0.29, 0.717) is 24.3 Å². The Morgan fingerprint density at radius 2 is 1.93 bits per heavy atom. The van der Waals surface area contributed by atoms with Crippen molar-refractivity contribution in [1.82, 2.24) is 4.90 Å². The van der Waals surface area contributed by atoms with Crippen molar-refractivity contribution in [3.63, 3.8) is 0 Å². The summed E-state index contributed by atoms with van der Waals surface area (Å²) < 4.78 is 0. The summed E-state index contributed by atoms with van der Waals surface area (Å²) in [6, 6.07) is 16.1. The predicted octanol–water partition coefficient (Wildman–Crippen LogP) is 4.76. The van der Waals surface area contributed by atoms with Crippen LogP contribution in [-0.2, 0) is 11.8 Å². The summed E-state index contributed by atoms with van der Waals surface area (Å²) >= 11 is 0. The minimum Gasteiger partial charge on any atom is -0.508 e. The van der Waals surface area contributed by atoms with Gasteiger partial charge in [-0.2, -0.15) is 0 Å². The van der Waals surface area contributed by atoms with E-state index in [1.165, 1.54) is 36.8 Å². The van der Waals surface area contributed by atoms with Gasteiger partial charge in [-0.15, -0.1) is 12.4 Å². The number of carbonyl (C=O) groups excluding carboxylic acids is 1. The lowest BCUT2D eigenvalue weighted by Crippen LogP contribution is -2.61. The molecule has 1 saturated carbocycles. The van der Waals surface area contributed by atoms with E-state index in [0.717, 1.165) is 24.9 Å². The van der Waals surface area contributed by atoms with Crippen LogP contribution in [0.5, 0.6) is 5.75 Å². The smallest absolute Gasteiger partial charge is 0.176 e. The molecule has 0 unspecified atom stereocenters. The van der Waals surface area contributed by atoms with E-state index < -0.39 is 0 Å². The molecule has 1 saturated heterocycles. The second kappa shape index (κ2) is 7.53. The SMILES string of the molecule is Cl.O=C(CN1CC[C@]23CCCC[C@H]2[C@H]1Cc1ccc(O)cc13)c1ccccc1. The van der Waals surface area contributed by atoms with Gasteiger partial charge in [0.05, 0.1) is 6.54 Å². The highest BCUT2D eigenvalue weighted by Gasteiger charge is 2.53. The summed E-state index contributed by atoms with van der Waals surface area (Å²) in [7, 11) is 0. The van der Waals surface area contributed by atoms with Gasteiger partial charge in [-0.1, -0.05) is 49.2 Å². The standard InChI is InChI=1S/C24H27NO2.ClH/c26-19-10-9-18-14-22-20-8-4-5-11-24(20,21(18)15-19)12-13-25(22)16-23(27)17-6-2-1-3-7-17;/h1-3,6-7,9-10,15,20,22,26H,4-5,8,11-14,16H2;1H/t20-,22+,24+;/m0./s1. The number of piperidine rings is 1. The van der Waals surface area contributed by atoms with Crippen LogP contribution >= 0.6 is 12.4 Å². The van der Waals surface area contributed by atoms with Gasteiger partial charge >= 0.3 is 0 Å². The average Bonchev–Trinajstić information content (AvgIpc) is 2.71. The molecule has 5 rings (SSSR count). The zero-order chi connectivity index (χ0) is 18.4. The van der Waals surface area contributed by atoms with E-state index in [2.05, 4.69) is 11.0 Å². The molecule has 0 aromatic heterocycles. The first-order valence-corrected chi connectivity index (χ1v) is 10.3. The van der Waals surface area contributed by atoms with Gasteiger partial charge in [-0.25, -0.2) is 0 Å². The van der Waals surface area contributed by atoms with Crippen molar-refractivity contribution in [3.8, 4) is 5.75 Å². The topological polar surface area (TPSA) is 40.5 Å². The number of phenolic OH excluding ortho intramolecular Hbond substituents is 1. The number of hydrogen-bond acceptors (Lipinski definition) is 3. The molecule has 0 radical (unpaired) electrons. The number of ketones is 1. The van der Waals surface area contributed by atoms with E-state index in [9.17, 15) is 9.90 Å². The molecule has 4 heteroatoms. The molecule has 148 valence electrons. The van der Waals surface area contributed by atoms with Gasteiger partial charge in [-0.05, 0) is 61.4 Å². The van der Waals surface area contributed by atoms with Gasteiger partial charge in [0.2, 0.25) is 0 Å². The highest BCUT2D eigenvalue weighted by molar-refractivity contribution is 5.97. The Bertz CT molecular complexity index is 868. The second-order valence-electron chi connectivity index (χ2n) is 8.63. The Hall–Kier alpha value is -1.84. The molecule has 2 aromatic rings. The van der Waals surface area contributed by atoms with Gasteiger partial charge in [0, 0.05) is 17.0 Å². The van der Waals surface area contributed by atoms with Crippen LogP contribution in [0.2, 0.25) is 0 Å². The number of Topliss-reactive ketones (excluding diaryl/α,β-unsaturated/α-hetero) is 1. The number of nitrogens with zero attached hydrogens (tertiary/aromatic N) is 1. The highest BCUT2D eigenvalue weighted by atomic mass is 35.5. The van der Waals surface area contributed by atoms with Crippen molar-refractivity contribution in [1.29, 1.82) is 0 Å². The molecule has 28 heavy (non-hydrogen) atoms. The third kappa shape index (κ3) is 3.05. The van der Waals surface area contributed by atoms with Crippen LogP contribution in [0.3, 0.4) is 0 Å². The Labute approximate surface area is 173 Å². The third-order valence-corrected chi connectivity index (χ3v) is 7.38. The number of rotatable bonds is 3. The molecule has 2 fully saturated rings. The van der Waals surface area contributed by atoms with Crippen molar-refractivity contribution in [3.05, 3.63) is 65.2 Å². The number of benzene rings is 2. The molecule has 1 aliphatic heterocycles. The summed E-state index contributed by atoms with van der Waals surface area (Å²) in [5, 5.41) is 10.1. The predicted molar refractivity (Wildman–Crippen MR) is 113 cm³/mol. The number of halogens is 1. The molecule has 0 spiro atoms. The largest absolute Gasteiger partial charge is 0.508 e. The maximum Gasteiger partial charge on any atom is 0.176 e. The van der Waals surface area contributed by atoms with Crippen molar-refractivity contribution >= 4 is 18.2 Å². The van der Waals surface area contributed by atoms with E-state index in [4.69, 9.17) is 0 Å². The van der Waals surface area contributed by atoms with Gasteiger partial charge in [0.15, 0.2) is 5.78 Å². The maximum absolute atomic E-state index is 12.8. The lowest BCUT2D eigenvalue weighted by Gasteiger charge is -2.59. The molecular weight excluding hydrogens is 370 g/mol. The number of likely N-dealkylation sites (tertiary alicyclic amines) is 1. The van der Waals surface area contributed by atoms with Crippen LogP contribution in [0.1, 0.15) is 53.6 Å². The van der Waals surface area contributed by atoms with Crippen LogP contribution in [-0.4, -0.2) is 34.9 Å². The molecule has 3 atom stereocenters. The van der Waals surface area contributed by atoms with E-state index in [1.54, 1.807) is 0 Å². The zero-order valence-electron chi connectivity index (χ0n) is 16.1. The number of carbonyl (C=O) groups is 1. The van der Waals surface area contributed by atoms with Crippen LogP contribution in [0.15, 0.2) is 48.5 Å². The quantitative estimate of drug-likeness (QED) is 0.759. The Balaban J connectivity index is 0.00000192. The molecule has 2 aromatic carbocycles. The molecule has 3 nitrogen and oxygen atoms in total. The molecule has 2 aliphatic carbocycles.